The predicted octanol–water partition coefficient (Wildman–Crippen LogP) is 5.87. The van der Waals surface area contributed by atoms with Gasteiger partial charge in [-0.25, -0.2) is 0 Å². The molecule has 0 atom stereocenters. The van der Waals surface area contributed by atoms with Crippen LogP contribution in [0.1, 0.15) is 22.6 Å². The van der Waals surface area contributed by atoms with Gasteiger partial charge in [0.05, 0.1) is 14.2 Å². The Balaban J connectivity index is 1.84. The van der Waals surface area contributed by atoms with Crippen molar-refractivity contribution < 1.29 is 9.47 Å². The Morgan fingerprint density at radius 3 is 1.58 bits per heavy atom. The van der Waals surface area contributed by atoms with Gasteiger partial charge in [0, 0.05) is 54.2 Å². The monoisotopic (exact) mass is 410 g/mol. The van der Waals surface area contributed by atoms with Crippen LogP contribution in [-0.2, 0) is 14.1 Å². The largest absolute Gasteiger partial charge is 0.497 e. The summed E-state index contributed by atoms with van der Waals surface area (Å²) in [6.07, 6.45) is 4.50. The van der Waals surface area contributed by atoms with Crippen LogP contribution in [0.5, 0.6) is 11.5 Å². The van der Waals surface area contributed by atoms with Gasteiger partial charge in [-0.05, 0) is 53.1 Å². The summed E-state index contributed by atoms with van der Waals surface area (Å²) in [5.74, 6) is 1.81. The van der Waals surface area contributed by atoms with Gasteiger partial charge in [-0.15, -0.1) is 0 Å². The highest BCUT2D eigenvalue weighted by atomic mass is 16.5. The minimum atomic E-state index is 0.0767. The molecule has 5 rings (SSSR count). The second kappa shape index (κ2) is 7.55. The van der Waals surface area contributed by atoms with E-state index < -0.39 is 0 Å². The molecule has 5 aromatic rings. The second-order valence-corrected chi connectivity index (χ2v) is 8.00. The van der Waals surface area contributed by atoms with Crippen molar-refractivity contribution in [1.82, 2.24) is 9.13 Å². The van der Waals surface area contributed by atoms with Gasteiger partial charge in [-0.1, -0.05) is 30.3 Å². The summed E-state index contributed by atoms with van der Waals surface area (Å²) in [6, 6.07) is 23.3. The van der Waals surface area contributed by atoms with E-state index in [2.05, 4.69) is 90.2 Å². The first-order valence-electron chi connectivity index (χ1n) is 10.4. The molecule has 2 heterocycles. The summed E-state index contributed by atoms with van der Waals surface area (Å²) in [5, 5.41) is 2.41. The number of aryl methyl sites for hydroxylation is 2. The highest BCUT2D eigenvalue weighted by Gasteiger charge is 2.25. The van der Waals surface area contributed by atoms with Gasteiger partial charge in [0.1, 0.15) is 11.5 Å². The number of rotatable bonds is 5. The zero-order valence-corrected chi connectivity index (χ0v) is 18.3. The molecule has 0 saturated carbocycles. The van der Waals surface area contributed by atoms with Crippen molar-refractivity contribution in [1.29, 1.82) is 0 Å². The fraction of sp³-hybridized carbons (Fsp3) is 0.185. The number of methoxy groups -OCH3 is 2. The van der Waals surface area contributed by atoms with Crippen LogP contribution >= 0.6 is 0 Å². The van der Waals surface area contributed by atoms with Crippen LogP contribution in [0, 0.1) is 0 Å². The van der Waals surface area contributed by atoms with Crippen LogP contribution < -0.4 is 9.47 Å². The lowest BCUT2D eigenvalue weighted by atomic mass is 9.85. The molecule has 4 nitrogen and oxygen atoms in total. The summed E-state index contributed by atoms with van der Waals surface area (Å²) in [5.41, 5.74) is 6.16. The van der Waals surface area contributed by atoms with Crippen LogP contribution in [-0.4, -0.2) is 23.4 Å². The van der Waals surface area contributed by atoms with Gasteiger partial charge in [-0.3, -0.25) is 0 Å². The maximum atomic E-state index is 5.55. The van der Waals surface area contributed by atoms with Crippen molar-refractivity contribution in [3.05, 3.63) is 95.8 Å². The zero-order valence-electron chi connectivity index (χ0n) is 18.3. The molecular formula is C27H26N2O2. The number of aromatic nitrogens is 2. The molecule has 0 saturated heterocycles. The Hall–Kier alpha value is -3.66. The van der Waals surface area contributed by atoms with Gasteiger partial charge in [0.2, 0.25) is 0 Å². The molecule has 2 aromatic heterocycles. The summed E-state index contributed by atoms with van der Waals surface area (Å²) in [7, 11) is 7.64. The highest BCUT2D eigenvalue weighted by molar-refractivity contribution is 5.91. The van der Waals surface area contributed by atoms with Crippen LogP contribution in [0.3, 0.4) is 0 Å². The van der Waals surface area contributed by atoms with E-state index in [1.165, 1.54) is 38.5 Å². The molecule has 0 radical (unpaired) electrons. The Bertz CT molecular complexity index is 1290. The summed E-state index contributed by atoms with van der Waals surface area (Å²) in [6.45, 7) is 0. The second-order valence-electron chi connectivity index (χ2n) is 8.00. The molecule has 0 aliphatic carbocycles. The fourth-order valence-corrected chi connectivity index (χ4v) is 4.69. The van der Waals surface area contributed by atoms with Gasteiger partial charge in [0.15, 0.2) is 0 Å². The summed E-state index contributed by atoms with van der Waals surface area (Å²) < 4.78 is 15.5. The average Bonchev–Trinajstić information content (AvgIpc) is 3.31. The SMILES string of the molecule is COc1ccc2c(c1)c(C(c1ccccc1)c1cn(C)c3ccc(OC)cc13)cn2C. The minimum Gasteiger partial charge on any atom is -0.497 e. The number of hydrogen-bond donors (Lipinski definition) is 0. The topological polar surface area (TPSA) is 28.3 Å². The summed E-state index contributed by atoms with van der Waals surface area (Å²) >= 11 is 0. The minimum absolute atomic E-state index is 0.0767. The predicted molar refractivity (Wildman–Crippen MR) is 126 cm³/mol. The van der Waals surface area contributed by atoms with Crippen molar-refractivity contribution in [2.75, 3.05) is 14.2 Å². The van der Waals surface area contributed by atoms with Crippen molar-refractivity contribution in [2.45, 2.75) is 5.92 Å². The van der Waals surface area contributed by atoms with E-state index in [-0.39, 0.29) is 5.92 Å². The molecule has 0 amide bonds. The lowest BCUT2D eigenvalue weighted by Gasteiger charge is -2.18. The zero-order chi connectivity index (χ0) is 21.5. The molecule has 156 valence electrons. The highest BCUT2D eigenvalue weighted by Crippen LogP contribution is 2.41. The van der Waals surface area contributed by atoms with Gasteiger partial charge < -0.3 is 18.6 Å². The number of ether oxygens (including phenoxy) is 2. The van der Waals surface area contributed by atoms with E-state index in [0.717, 1.165) is 11.5 Å². The lowest BCUT2D eigenvalue weighted by molar-refractivity contribution is 0.415. The smallest absolute Gasteiger partial charge is 0.119 e. The van der Waals surface area contributed by atoms with E-state index in [1.54, 1.807) is 14.2 Å². The first-order chi connectivity index (χ1) is 15.1. The number of fused-ring (bicyclic) bond motifs is 2. The number of nitrogens with zero attached hydrogens (tertiary/aromatic N) is 2. The molecule has 0 aliphatic heterocycles. The Morgan fingerprint density at radius 2 is 1.13 bits per heavy atom. The molecule has 0 N–H and O–H groups in total. The summed E-state index contributed by atoms with van der Waals surface area (Å²) in [4.78, 5) is 0. The van der Waals surface area contributed by atoms with Crippen molar-refractivity contribution >= 4 is 21.8 Å². The van der Waals surface area contributed by atoms with Crippen LogP contribution in [0.2, 0.25) is 0 Å². The third kappa shape index (κ3) is 3.15. The molecule has 4 heteroatoms. The number of benzene rings is 3. The molecule has 0 fully saturated rings. The number of hydrogen-bond acceptors (Lipinski definition) is 2. The third-order valence-electron chi connectivity index (χ3n) is 6.21. The van der Waals surface area contributed by atoms with Gasteiger partial charge in [-0.2, -0.15) is 0 Å². The third-order valence-corrected chi connectivity index (χ3v) is 6.21. The van der Waals surface area contributed by atoms with Crippen LogP contribution in [0.15, 0.2) is 79.1 Å². The van der Waals surface area contributed by atoms with Crippen molar-refractivity contribution in [3.8, 4) is 11.5 Å². The molecular weight excluding hydrogens is 384 g/mol. The van der Waals surface area contributed by atoms with E-state index in [9.17, 15) is 0 Å². The standard InChI is InChI=1S/C27H26N2O2/c1-28-16-23(21-14-19(30-3)10-12-25(21)28)27(18-8-6-5-7-9-18)24-17-29(2)26-13-11-20(31-4)15-22(24)26/h5-17,27H,1-4H3. The molecule has 3 aromatic carbocycles. The maximum absolute atomic E-state index is 5.55. The van der Waals surface area contributed by atoms with Crippen LogP contribution in [0.25, 0.3) is 21.8 Å². The maximum Gasteiger partial charge on any atom is 0.119 e. The molecule has 0 bridgehead atoms. The Kier molecular flexibility index (Phi) is 4.70. The normalized spacial score (nSPS) is 11.5. The molecule has 0 spiro atoms. The van der Waals surface area contributed by atoms with Gasteiger partial charge in [0.25, 0.3) is 0 Å². The quantitative estimate of drug-likeness (QED) is 0.363. The average molecular weight is 411 g/mol. The first-order valence-corrected chi connectivity index (χ1v) is 10.4. The van der Waals surface area contributed by atoms with Crippen molar-refractivity contribution in [2.24, 2.45) is 14.1 Å². The van der Waals surface area contributed by atoms with E-state index in [1.807, 2.05) is 12.1 Å². The van der Waals surface area contributed by atoms with Crippen molar-refractivity contribution in [3.63, 3.8) is 0 Å². The molecule has 31 heavy (non-hydrogen) atoms. The lowest BCUT2D eigenvalue weighted by Crippen LogP contribution is -2.02. The molecule has 0 unspecified atom stereocenters. The van der Waals surface area contributed by atoms with E-state index >= 15 is 0 Å². The van der Waals surface area contributed by atoms with Crippen LogP contribution in [0.4, 0.5) is 0 Å². The molecule has 0 aliphatic rings. The Morgan fingerprint density at radius 1 is 0.645 bits per heavy atom. The van der Waals surface area contributed by atoms with E-state index in [0.29, 0.717) is 0 Å². The van der Waals surface area contributed by atoms with E-state index in [4.69, 9.17) is 9.47 Å². The first kappa shape index (κ1) is 19.3. The Labute approximate surface area is 182 Å². The fourth-order valence-electron chi connectivity index (χ4n) is 4.69. The van der Waals surface area contributed by atoms with Gasteiger partial charge >= 0.3 is 0 Å².